The highest BCUT2D eigenvalue weighted by Gasteiger charge is 2.19. The second-order valence-electron chi connectivity index (χ2n) is 10.6. The maximum atomic E-state index is 6.29. The molecule has 5 heterocycles. The minimum Gasteiger partial charge on any atom is -0.434 e. The van der Waals surface area contributed by atoms with Gasteiger partial charge in [-0.1, -0.05) is 78.9 Å². The Balaban J connectivity index is 1.25. The molecular formula is C37H21N5O. The van der Waals surface area contributed by atoms with E-state index in [9.17, 15) is 0 Å². The summed E-state index contributed by atoms with van der Waals surface area (Å²) >= 11 is 0. The Morgan fingerprint density at radius 3 is 2.19 bits per heavy atom. The van der Waals surface area contributed by atoms with Crippen molar-refractivity contribution in [2.45, 2.75) is 0 Å². The molecule has 0 aliphatic heterocycles. The Kier molecular flexibility index (Phi) is 5.10. The molecule has 200 valence electrons. The van der Waals surface area contributed by atoms with Gasteiger partial charge in [-0.15, -0.1) is 0 Å². The maximum Gasteiger partial charge on any atom is 0.229 e. The average Bonchev–Trinajstić information content (AvgIpc) is 3.46. The third-order valence-corrected chi connectivity index (χ3v) is 7.96. The monoisotopic (exact) mass is 551 g/mol. The third kappa shape index (κ3) is 3.85. The summed E-state index contributed by atoms with van der Waals surface area (Å²) in [5.74, 6) is 0.631. The molecule has 6 nitrogen and oxygen atoms in total. The van der Waals surface area contributed by atoms with E-state index in [1.807, 2.05) is 48.7 Å². The summed E-state index contributed by atoms with van der Waals surface area (Å²) in [5.41, 5.74) is 8.05. The molecule has 0 bridgehead atoms. The largest absolute Gasteiger partial charge is 0.434 e. The normalized spacial score (nSPS) is 11.7. The van der Waals surface area contributed by atoms with Crippen LogP contribution in [0.15, 0.2) is 132 Å². The van der Waals surface area contributed by atoms with Gasteiger partial charge in [-0.3, -0.25) is 4.98 Å². The van der Waals surface area contributed by atoms with Crippen molar-refractivity contribution in [1.29, 1.82) is 0 Å². The summed E-state index contributed by atoms with van der Waals surface area (Å²) in [7, 11) is 0. The Morgan fingerprint density at radius 2 is 1.23 bits per heavy atom. The highest BCUT2D eigenvalue weighted by Crippen LogP contribution is 2.36. The lowest BCUT2D eigenvalue weighted by Gasteiger charge is -2.09. The lowest BCUT2D eigenvalue weighted by atomic mass is 10.0. The molecule has 0 unspecified atom stereocenters. The summed E-state index contributed by atoms with van der Waals surface area (Å²) in [6, 6.07) is 39.1. The first-order valence-electron chi connectivity index (χ1n) is 14.1. The molecule has 9 aromatic rings. The molecule has 43 heavy (non-hydrogen) atoms. The van der Waals surface area contributed by atoms with Crippen molar-refractivity contribution in [3.05, 3.63) is 128 Å². The van der Waals surface area contributed by atoms with Crippen LogP contribution in [0.3, 0.4) is 0 Å². The topological polar surface area (TPSA) is 77.6 Å². The molecule has 0 amide bonds. The van der Waals surface area contributed by atoms with Gasteiger partial charge in [-0.25, -0.2) is 19.9 Å². The van der Waals surface area contributed by atoms with Crippen molar-refractivity contribution in [1.82, 2.24) is 24.9 Å². The van der Waals surface area contributed by atoms with Gasteiger partial charge in [0.2, 0.25) is 5.71 Å². The van der Waals surface area contributed by atoms with Crippen LogP contribution in [0.5, 0.6) is 0 Å². The highest BCUT2D eigenvalue weighted by atomic mass is 16.3. The van der Waals surface area contributed by atoms with Crippen molar-refractivity contribution < 1.29 is 4.42 Å². The van der Waals surface area contributed by atoms with Crippen LogP contribution in [0, 0.1) is 0 Å². The van der Waals surface area contributed by atoms with Crippen LogP contribution in [0.2, 0.25) is 0 Å². The zero-order valence-electron chi connectivity index (χ0n) is 22.8. The summed E-state index contributed by atoms with van der Waals surface area (Å²) in [6.45, 7) is 0. The molecule has 0 spiro atoms. The number of nitrogens with zero attached hydrogens (tertiary/aromatic N) is 5. The van der Waals surface area contributed by atoms with Crippen LogP contribution in [-0.2, 0) is 0 Å². The van der Waals surface area contributed by atoms with Crippen LogP contribution in [0.1, 0.15) is 0 Å². The molecule has 0 aliphatic rings. The molecule has 4 aromatic carbocycles. The fourth-order valence-corrected chi connectivity index (χ4v) is 5.84. The van der Waals surface area contributed by atoms with E-state index < -0.39 is 0 Å². The zero-order valence-corrected chi connectivity index (χ0v) is 22.8. The van der Waals surface area contributed by atoms with E-state index in [1.54, 1.807) is 6.20 Å². The summed E-state index contributed by atoms with van der Waals surface area (Å²) in [5, 5.41) is 5.28. The lowest BCUT2D eigenvalue weighted by molar-refractivity contribution is 0.652. The molecule has 0 fully saturated rings. The molecule has 6 heteroatoms. The molecule has 0 atom stereocenters. The van der Waals surface area contributed by atoms with Gasteiger partial charge < -0.3 is 4.42 Å². The molecule has 9 rings (SSSR count). The van der Waals surface area contributed by atoms with Gasteiger partial charge in [-0.05, 0) is 47.2 Å². The first-order chi connectivity index (χ1) is 21.3. The molecule has 0 saturated carbocycles. The van der Waals surface area contributed by atoms with E-state index in [4.69, 9.17) is 19.4 Å². The van der Waals surface area contributed by atoms with Crippen molar-refractivity contribution in [3.63, 3.8) is 0 Å². The van der Waals surface area contributed by atoms with E-state index in [0.29, 0.717) is 22.8 Å². The van der Waals surface area contributed by atoms with Gasteiger partial charge in [0, 0.05) is 39.9 Å². The predicted octanol–water partition coefficient (Wildman–Crippen LogP) is 9.02. The summed E-state index contributed by atoms with van der Waals surface area (Å²) in [6.07, 6.45) is 3.54. The number of aromatic nitrogens is 5. The van der Waals surface area contributed by atoms with Gasteiger partial charge in [0.1, 0.15) is 11.2 Å². The average molecular weight is 552 g/mol. The number of benzene rings is 4. The zero-order chi connectivity index (χ0) is 28.3. The number of hydrogen-bond donors (Lipinski definition) is 0. The van der Waals surface area contributed by atoms with Gasteiger partial charge in [-0.2, -0.15) is 0 Å². The van der Waals surface area contributed by atoms with E-state index in [0.717, 1.165) is 60.5 Å². The van der Waals surface area contributed by atoms with Crippen molar-refractivity contribution in [2.24, 2.45) is 0 Å². The van der Waals surface area contributed by atoms with Crippen LogP contribution >= 0.6 is 0 Å². The number of rotatable bonds is 3. The molecule has 0 radical (unpaired) electrons. The minimum atomic E-state index is 0.537. The van der Waals surface area contributed by atoms with Crippen LogP contribution in [0.25, 0.3) is 88.7 Å². The van der Waals surface area contributed by atoms with Gasteiger partial charge in [0.15, 0.2) is 11.4 Å². The molecular weight excluding hydrogens is 530 g/mol. The van der Waals surface area contributed by atoms with Gasteiger partial charge in [0.25, 0.3) is 0 Å². The van der Waals surface area contributed by atoms with E-state index in [2.05, 4.69) is 82.8 Å². The third-order valence-electron chi connectivity index (χ3n) is 7.96. The Labute approximate surface area is 245 Å². The molecule has 0 aliphatic carbocycles. The first-order valence-corrected chi connectivity index (χ1v) is 14.1. The SMILES string of the molecule is c1cc(-c2ccc3ccc4cccnc4c3n2)cc(-c2nc(-c3ccc4ccccc4c3)nc3c2oc2ncccc23)c1. The summed E-state index contributed by atoms with van der Waals surface area (Å²) < 4.78 is 6.29. The maximum absolute atomic E-state index is 6.29. The number of hydrogen-bond acceptors (Lipinski definition) is 6. The molecule has 0 N–H and O–H groups in total. The van der Waals surface area contributed by atoms with Crippen LogP contribution in [-0.4, -0.2) is 24.9 Å². The quantitative estimate of drug-likeness (QED) is 0.204. The number of fused-ring (bicyclic) bond motifs is 7. The highest BCUT2D eigenvalue weighted by molar-refractivity contribution is 6.06. The second-order valence-corrected chi connectivity index (χ2v) is 10.6. The fourth-order valence-electron chi connectivity index (χ4n) is 5.84. The van der Waals surface area contributed by atoms with Gasteiger partial charge >= 0.3 is 0 Å². The Bertz CT molecular complexity index is 2530. The minimum absolute atomic E-state index is 0.537. The van der Waals surface area contributed by atoms with E-state index in [-0.39, 0.29) is 0 Å². The number of furan rings is 1. The van der Waals surface area contributed by atoms with Crippen molar-refractivity contribution in [2.75, 3.05) is 0 Å². The van der Waals surface area contributed by atoms with Crippen LogP contribution < -0.4 is 0 Å². The first kappa shape index (κ1) is 23.7. The fraction of sp³-hybridized carbons (Fsp3) is 0. The van der Waals surface area contributed by atoms with Crippen molar-refractivity contribution in [3.8, 4) is 33.9 Å². The standard InChI is InChI=1S/C37H21N5O/c1-2-7-25-20-28(15-12-22(25)6-1)36-41-33(35-34(42-36)29-11-5-19-39-37(29)43-35)27-9-3-8-26(21-27)30-17-16-24-14-13-23-10-4-18-38-31(23)32(24)40-30/h1-21H. The van der Waals surface area contributed by atoms with E-state index in [1.165, 1.54) is 5.39 Å². The Morgan fingerprint density at radius 1 is 0.465 bits per heavy atom. The molecule has 0 saturated heterocycles. The molecule has 5 aromatic heterocycles. The summed E-state index contributed by atoms with van der Waals surface area (Å²) in [4.78, 5) is 24.3. The van der Waals surface area contributed by atoms with E-state index >= 15 is 0 Å². The second kappa shape index (κ2) is 9.26. The number of pyridine rings is 3. The van der Waals surface area contributed by atoms with Crippen molar-refractivity contribution >= 4 is 54.8 Å². The predicted molar refractivity (Wildman–Crippen MR) is 172 cm³/mol. The smallest absolute Gasteiger partial charge is 0.229 e. The Hall–Kier alpha value is -6.01. The van der Waals surface area contributed by atoms with Gasteiger partial charge in [0.05, 0.1) is 22.1 Å². The lowest BCUT2D eigenvalue weighted by Crippen LogP contribution is -1.94. The van der Waals surface area contributed by atoms with Crippen LogP contribution in [0.4, 0.5) is 0 Å².